The second-order valence-electron chi connectivity index (χ2n) is 13.6. The molecule has 0 fully saturated rings. The van der Waals surface area contributed by atoms with Gasteiger partial charge in [-0.05, 0) is 84.0 Å². The molecular weight excluding hydrogens is 704 g/mol. The molecule has 55 heavy (non-hydrogen) atoms. The van der Waals surface area contributed by atoms with Gasteiger partial charge in [0.1, 0.15) is 22.7 Å². The first kappa shape index (κ1) is 38.0. The van der Waals surface area contributed by atoms with E-state index in [-0.39, 0.29) is 30.0 Å². The van der Waals surface area contributed by atoms with Crippen LogP contribution in [0.3, 0.4) is 0 Å². The number of fused-ring (bicyclic) bond motifs is 2. The first-order valence-electron chi connectivity index (χ1n) is 17.7. The Morgan fingerprint density at radius 3 is 1.65 bits per heavy atom. The standard InChI is InChI=1S/C38H44N12O5/c1-9-49-29(13-22(5)43-49)35(54)41-37-45(7)27-15-24(33(39)52)11-12-26(27)47(37)18-20(3)21(4)19-48-32-28(16-25(34(40)53)17-31(32)51)46(8)38(48)42-36(55)30-14-23(6)44-50(30)10-2/h11-17,51H,9-10,18-19H2,1-8H3,(H2,39,52)(H2,40,53)/b21-20+,41-37+,42-38+. The van der Waals surface area contributed by atoms with Crippen LogP contribution < -0.4 is 22.7 Å². The number of nitrogens with zero attached hydrogens (tertiary/aromatic N) is 10. The topological polar surface area (TPSA) is 221 Å². The maximum atomic E-state index is 13.7. The highest BCUT2D eigenvalue weighted by atomic mass is 16.3. The second-order valence-corrected chi connectivity index (χ2v) is 13.6. The number of imidazole rings is 2. The number of phenolic OH excluding ortho intramolecular Hbond substituents is 1. The number of hydrogen-bond donors (Lipinski definition) is 3. The molecule has 4 aromatic heterocycles. The molecule has 0 bridgehead atoms. The maximum Gasteiger partial charge on any atom is 0.298 e. The molecule has 0 radical (unpaired) electrons. The summed E-state index contributed by atoms with van der Waals surface area (Å²) in [5, 5.41) is 20.1. The van der Waals surface area contributed by atoms with Crippen LogP contribution in [-0.4, -0.2) is 66.6 Å². The predicted octanol–water partition coefficient (Wildman–Crippen LogP) is 2.74. The Balaban J connectivity index is 1.52. The summed E-state index contributed by atoms with van der Waals surface area (Å²) in [7, 11) is 3.45. The molecule has 0 aliphatic rings. The quantitative estimate of drug-likeness (QED) is 0.178. The Labute approximate surface area is 315 Å². The molecule has 17 nitrogen and oxygen atoms in total. The minimum absolute atomic E-state index is 0.0913. The first-order chi connectivity index (χ1) is 26.0. The third kappa shape index (κ3) is 6.91. The van der Waals surface area contributed by atoms with E-state index < -0.39 is 23.6 Å². The van der Waals surface area contributed by atoms with Gasteiger partial charge in [-0.25, -0.2) is 0 Å². The largest absolute Gasteiger partial charge is 0.506 e. The van der Waals surface area contributed by atoms with Crippen LogP contribution in [0.15, 0.2) is 63.6 Å². The van der Waals surface area contributed by atoms with Crippen molar-refractivity contribution in [2.45, 2.75) is 67.7 Å². The van der Waals surface area contributed by atoms with E-state index in [4.69, 9.17) is 11.5 Å². The summed E-state index contributed by atoms with van der Waals surface area (Å²) in [4.78, 5) is 60.8. The molecule has 0 unspecified atom stereocenters. The number of aryl methyl sites for hydroxylation is 6. The van der Waals surface area contributed by atoms with Crippen molar-refractivity contribution in [3.63, 3.8) is 0 Å². The van der Waals surface area contributed by atoms with Crippen LogP contribution in [0.2, 0.25) is 0 Å². The van der Waals surface area contributed by atoms with Crippen molar-refractivity contribution in [2.24, 2.45) is 35.5 Å². The molecule has 0 saturated carbocycles. The lowest BCUT2D eigenvalue weighted by atomic mass is 10.1. The van der Waals surface area contributed by atoms with Crippen LogP contribution in [0, 0.1) is 13.8 Å². The van der Waals surface area contributed by atoms with Gasteiger partial charge in [0, 0.05) is 51.4 Å². The van der Waals surface area contributed by atoms with Crippen molar-refractivity contribution in [3.05, 3.63) is 98.7 Å². The van der Waals surface area contributed by atoms with Gasteiger partial charge in [0.15, 0.2) is 0 Å². The molecule has 2 aromatic carbocycles. The number of phenols is 1. The summed E-state index contributed by atoms with van der Waals surface area (Å²) in [5.41, 5.74) is 17.9. The van der Waals surface area contributed by atoms with Gasteiger partial charge in [0.05, 0.1) is 27.9 Å². The van der Waals surface area contributed by atoms with Gasteiger partial charge in [-0.3, -0.25) is 28.5 Å². The SMILES string of the molecule is CCn1nc(C)cc1C(=O)/N=c1\n(C)c2cc(C(N)=O)ccc2n1C/C(C)=C(\C)Cn1/c(=N/C(=O)c2cc(C)nn2CC)n(C)c2cc(C(N)=O)cc(O)c21. The van der Waals surface area contributed by atoms with Crippen LogP contribution in [0.25, 0.3) is 22.1 Å². The van der Waals surface area contributed by atoms with Crippen molar-refractivity contribution in [3.8, 4) is 5.75 Å². The monoisotopic (exact) mass is 748 g/mol. The summed E-state index contributed by atoms with van der Waals surface area (Å²) in [5.74, 6) is -2.55. The van der Waals surface area contributed by atoms with E-state index in [0.717, 1.165) is 11.1 Å². The van der Waals surface area contributed by atoms with Gasteiger partial charge in [-0.15, -0.1) is 0 Å². The summed E-state index contributed by atoms with van der Waals surface area (Å²) in [6.07, 6.45) is 0. The van der Waals surface area contributed by atoms with Crippen molar-refractivity contribution >= 4 is 45.7 Å². The number of amides is 4. The van der Waals surface area contributed by atoms with E-state index in [2.05, 4.69) is 20.2 Å². The highest BCUT2D eigenvalue weighted by Gasteiger charge is 2.21. The minimum atomic E-state index is -0.724. The van der Waals surface area contributed by atoms with Crippen molar-refractivity contribution < 1.29 is 24.3 Å². The third-order valence-electron chi connectivity index (χ3n) is 9.74. The number of aromatic hydroxyl groups is 1. The van der Waals surface area contributed by atoms with E-state index >= 15 is 0 Å². The van der Waals surface area contributed by atoms with Gasteiger partial charge in [0.2, 0.25) is 23.1 Å². The molecule has 286 valence electrons. The van der Waals surface area contributed by atoms with Crippen LogP contribution in [0.5, 0.6) is 5.75 Å². The summed E-state index contributed by atoms with van der Waals surface area (Å²) in [6, 6.07) is 11.2. The van der Waals surface area contributed by atoms with Crippen LogP contribution in [0.1, 0.15) is 80.8 Å². The highest BCUT2D eigenvalue weighted by molar-refractivity contribution is 5.99. The van der Waals surface area contributed by atoms with Crippen molar-refractivity contribution in [1.82, 2.24) is 37.8 Å². The number of rotatable bonds is 10. The van der Waals surface area contributed by atoms with E-state index in [0.29, 0.717) is 69.1 Å². The highest BCUT2D eigenvalue weighted by Crippen LogP contribution is 2.27. The number of carbonyl (C=O) groups is 4. The van der Waals surface area contributed by atoms with Crippen LogP contribution in [0.4, 0.5) is 0 Å². The normalized spacial score (nSPS) is 12.9. The molecule has 0 atom stereocenters. The fourth-order valence-corrected chi connectivity index (χ4v) is 6.77. The molecule has 0 aliphatic carbocycles. The zero-order valence-corrected chi connectivity index (χ0v) is 32.1. The van der Waals surface area contributed by atoms with Crippen molar-refractivity contribution in [1.29, 1.82) is 0 Å². The molecular formula is C38H44N12O5. The third-order valence-corrected chi connectivity index (χ3v) is 9.74. The van der Waals surface area contributed by atoms with E-state index in [9.17, 15) is 24.3 Å². The van der Waals surface area contributed by atoms with Gasteiger partial charge < -0.3 is 34.8 Å². The Morgan fingerprint density at radius 2 is 1.15 bits per heavy atom. The lowest BCUT2D eigenvalue weighted by Gasteiger charge is -2.13. The van der Waals surface area contributed by atoms with Crippen LogP contribution >= 0.6 is 0 Å². The van der Waals surface area contributed by atoms with Gasteiger partial charge >= 0.3 is 0 Å². The molecule has 0 spiro atoms. The Bertz CT molecular complexity index is 2760. The summed E-state index contributed by atoms with van der Waals surface area (Å²) in [6.45, 7) is 12.6. The molecule has 6 rings (SSSR count). The van der Waals surface area contributed by atoms with Gasteiger partial charge in [-0.1, -0.05) is 11.1 Å². The van der Waals surface area contributed by atoms with Gasteiger partial charge in [-0.2, -0.15) is 20.2 Å². The number of carbonyl (C=O) groups excluding carboxylic acids is 4. The average Bonchev–Trinajstić information content (AvgIpc) is 3.86. The molecule has 4 heterocycles. The lowest BCUT2D eigenvalue weighted by Crippen LogP contribution is -2.28. The number of benzene rings is 2. The molecule has 0 saturated heterocycles. The number of nitrogens with two attached hydrogens (primary N) is 2. The molecule has 6 aromatic rings. The predicted molar refractivity (Wildman–Crippen MR) is 204 cm³/mol. The lowest BCUT2D eigenvalue weighted by molar-refractivity contribution is 0.0977. The Hall–Kier alpha value is -6.78. The molecule has 17 heteroatoms. The number of allylic oxidation sites excluding steroid dienone is 2. The summed E-state index contributed by atoms with van der Waals surface area (Å²) < 4.78 is 10.1. The van der Waals surface area contributed by atoms with Gasteiger partial charge in [0.25, 0.3) is 11.8 Å². The fraction of sp³-hybridized carbons (Fsp3) is 0.316. The Morgan fingerprint density at radius 1 is 0.673 bits per heavy atom. The molecule has 4 amide bonds. The zero-order valence-electron chi connectivity index (χ0n) is 32.1. The second kappa shape index (κ2) is 14.6. The molecule has 5 N–H and O–H groups in total. The van der Waals surface area contributed by atoms with E-state index in [1.807, 2.05) is 39.2 Å². The van der Waals surface area contributed by atoms with Crippen LogP contribution in [-0.2, 0) is 40.3 Å². The number of aromatic nitrogens is 8. The zero-order chi connectivity index (χ0) is 40.0. The van der Waals surface area contributed by atoms with E-state index in [1.54, 1.807) is 80.5 Å². The number of hydrogen-bond acceptors (Lipinski definition) is 7. The smallest absolute Gasteiger partial charge is 0.298 e. The maximum absolute atomic E-state index is 13.7. The van der Waals surface area contributed by atoms with E-state index in [1.165, 1.54) is 6.07 Å². The first-order valence-corrected chi connectivity index (χ1v) is 17.7. The summed E-state index contributed by atoms with van der Waals surface area (Å²) >= 11 is 0. The fourth-order valence-electron chi connectivity index (χ4n) is 6.77. The minimum Gasteiger partial charge on any atom is -0.506 e. The average molecular weight is 749 g/mol. The Kier molecular flexibility index (Phi) is 10.1. The van der Waals surface area contributed by atoms with Crippen molar-refractivity contribution in [2.75, 3.05) is 0 Å². The molecule has 0 aliphatic heterocycles. The number of primary amides is 2.